The van der Waals surface area contributed by atoms with E-state index in [0.717, 1.165) is 16.8 Å². The molecule has 1 atom stereocenters. The molecule has 162 valence electrons. The largest absolute Gasteiger partial charge is 0.459 e. The van der Waals surface area contributed by atoms with E-state index in [2.05, 4.69) is 10.6 Å². The molecule has 0 aromatic heterocycles. The summed E-state index contributed by atoms with van der Waals surface area (Å²) in [5, 5.41) is 6.67. The highest BCUT2D eigenvalue weighted by molar-refractivity contribution is 7.80. The minimum Gasteiger partial charge on any atom is -0.459 e. The van der Waals surface area contributed by atoms with Gasteiger partial charge in [-0.15, -0.1) is 0 Å². The number of allylic oxidation sites excluding steroid dienone is 1. The van der Waals surface area contributed by atoms with Crippen molar-refractivity contribution in [3.8, 4) is 0 Å². The lowest BCUT2D eigenvalue weighted by atomic mass is 9.95. The number of carbonyl (C=O) groups is 2. The van der Waals surface area contributed by atoms with Gasteiger partial charge in [0.25, 0.3) is 5.91 Å². The first-order chi connectivity index (χ1) is 14.7. The Morgan fingerprint density at radius 1 is 1.10 bits per heavy atom. The maximum Gasteiger partial charge on any atom is 0.338 e. The molecular weight excluding hydrogens is 410 g/mol. The third-order valence-corrected chi connectivity index (χ3v) is 5.60. The van der Waals surface area contributed by atoms with Crippen LogP contribution in [0.5, 0.6) is 0 Å². The van der Waals surface area contributed by atoms with E-state index < -0.39 is 6.04 Å². The lowest BCUT2D eigenvalue weighted by Gasteiger charge is -2.35. The summed E-state index contributed by atoms with van der Waals surface area (Å²) in [6.07, 6.45) is -0.230. The molecule has 1 heterocycles. The number of thiocarbonyl (C=S) groups is 1. The van der Waals surface area contributed by atoms with Crippen LogP contribution < -0.4 is 10.6 Å². The van der Waals surface area contributed by atoms with Crippen LogP contribution >= 0.6 is 12.2 Å². The van der Waals surface area contributed by atoms with Crippen molar-refractivity contribution in [1.29, 1.82) is 0 Å². The number of ether oxygens (including phenoxy) is 1. The Morgan fingerprint density at radius 2 is 1.74 bits per heavy atom. The molecule has 0 saturated heterocycles. The van der Waals surface area contributed by atoms with E-state index in [1.165, 1.54) is 0 Å². The number of hydrogen-bond donors (Lipinski definition) is 2. The van der Waals surface area contributed by atoms with Crippen LogP contribution in [-0.4, -0.2) is 35.0 Å². The highest BCUT2D eigenvalue weighted by Crippen LogP contribution is 2.31. The maximum atomic E-state index is 12.8. The van der Waals surface area contributed by atoms with E-state index in [9.17, 15) is 9.59 Å². The maximum absolute atomic E-state index is 12.8. The van der Waals surface area contributed by atoms with E-state index in [-0.39, 0.29) is 18.0 Å². The molecule has 1 unspecified atom stereocenters. The molecule has 31 heavy (non-hydrogen) atoms. The number of esters is 1. The third-order valence-electron chi connectivity index (χ3n) is 5.21. The van der Waals surface area contributed by atoms with Gasteiger partial charge in [0.15, 0.2) is 5.11 Å². The molecule has 0 aliphatic carbocycles. The summed E-state index contributed by atoms with van der Waals surface area (Å²) in [4.78, 5) is 27.1. The number of anilines is 1. The van der Waals surface area contributed by atoms with Gasteiger partial charge in [-0.25, -0.2) is 4.79 Å². The van der Waals surface area contributed by atoms with Crippen molar-refractivity contribution in [3.05, 3.63) is 76.5 Å². The standard InChI is InChI=1S/C24H27N3O3S/c1-14(2)30-23(29)20-16(4)27(5)24(31)26-21(20)17-10-12-18(13-11-17)25-22(28)19-9-7-6-8-15(19)3/h6-14,21H,1-5H3,(H,25,28)(H,26,31). The Bertz CT molecular complexity index is 1040. The Kier molecular flexibility index (Phi) is 6.75. The zero-order chi connectivity index (χ0) is 22.7. The van der Waals surface area contributed by atoms with E-state index >= 15 is 0 Å². The van der Waals surface area contributed by atoms with Crippen LogP contribution in [0.1, 0.15) is 48.3 Å². The number of hydrogen-bond acceptors (Lipinski definition) is 4. The number of nitrogens with zero attached hydrogens (tertiary/aromatic N) is 1. The van der Waals surface area contributed by atoms with Crippen LogP contribution in [0.25, 0.3) is 0 Å². The molecule has 7 heteroatoms. The van der Waals surface area contributed by atoms with Gasteiger partial charge in [0.2, 0.25) is 0 Å². The molecule has 3 rings (SSSR count). The summed E-state index contributed by atoms with van der Waals surface area (Å²) in [5.41, 5.74) is 4.32. The Hall–Kier alpha value is -3.19. The average molecular weight is 438 g/mol. The topological polar surface area (TPSA) is 70.7 Å². The fourth-order valence-corrected chi connectivity index (χ4v) is 3.67. The molecule has 6 nitrogen and oxygen atoms in total. The first-order valence-corrected chi connectivity index (χ1v) is 10.5. The molecule has 1 amide bonds. The normalized spacial score (nSPS) is 16.3. The summed E-state index contributed by atoms with van der Waals surface area (Å²) in [6.45, 7) is 7.39. The molecule has 0 spiro atoms. The van der Waals surface area contributed by atoms with Crippen molar-refractivity contribution in [1.82, 2.24) is 10.2 Å². The van der Waals surface area contributed by atoms with E-state index in [0.29, 0.717) is 21.9 Å². The fourth-order valence-electron chi connectivity index (χ4n) is 3.41. The zero-order valence-corrected chi connectivity index (χ0v) is 19.2. The summed E-state index contributed by atoms with van der Waals surface area (Å²) in [7, 11) is 1.81. The SMILES string of the molecule is CC1=C(C(=O)OC(C)C)C(c2ccc(NC(=O)c3ccccc3C)cc2)NC(=S)N1C. The first kappa shape index (κ1) is 22.5. The van der Waals surface area contributed by atoms with Crippen LogP contribution in [-0.2, 0) is 9.53 Å². The number of amides is 1. The summed E-state index contributed by atoms with van der Waals surface area (Å²) < 4.78 is 5.47. The molecule has 0 radical (unpaired) electrons. The second kappa shape index (κ2) is 9.31. The minimum atomic E-state index is -0.434. The van der Waals surface area contributed by atoms with Crippen LogP contribution in [0.4, 0.5) is 5.69 Å². The van der Waals surface area contributed by atoms with Gasteiger partial charge in [-0.05, 0) is 69.2 Å². The quantitative estimate of drug-likeness (QED) is 0.536. The molecule has 0 saturated carbocycles. The number of benzene rings is 2. The second-order valence-electron chi connectivity index (χ2n) is 7.79. The molecule has 2 N–H and O–H groups in total. The van der Waals surface area contributed by atoms with Crippen LogP contribution in [0.15, 0.2) is 59.8 Å². The molecule has 1 aliphatic rings. The van der Waals surface area contributed by atoms with E-state index in [4.69, 9.17) is 17.0 Å². The predicted octanol–water partition coefficient (Wildman–Crippen LogP) is 4.33. The van der Waals surface area contributed by atoms with Gasteiger partial charge >= 0.3 is 5.97 Å². The van der Waals surface area contributed by atoms with Crippen LogP contribution in [0.2, 0.25) is 0 Å². The van der Waals surface area contributed by atoms with Crippen molar-refractivity contribution in [2.24, 2.45) is 0 Å². The van der Waals surface area contributed by atoms with Crippen molar-refractivity contribution < 1.29 is 14.3 Å². The van der Waals surface area contributed by atoms with Gasteiger partial charge < -0.3 is 20.3 Å². The molecular formula is C24H27N3O3S. The van der Waals surface area contributed by atoms with Crippen LogP contribution in [0.3, 0.4) is 0 Å². The van der Waals surface area contributed by atoms with Crippen molar-refractivity contribution in [3.63, 3.8) is 0 Å². The monoisotopic (exact) mass is 437 g/mol. The average Bonchev–Trinajstić information content (AvgIpc) is 2.72. The van der Waals surface area contributed by atoms with Gasteiger partial charge in [0.05, 0.1) is 17.7 Å². The van der Waals surface area contributed by atoms with Crippen molar-refractivity contribution >= 4 is 34.9 Å². The number of aryl methyl sites for hydroxylation is 1. The molecule has 0 bridgehead atoms. The summed E-state index contributed by atoms with van der Waals surface area (Å²) in [5.74, 6) is -0.544. The van der Waals surface area contributed by atoms with E-state index in [1.807, 2.05) is 77.2 Å². The van der Waals surface area contributed by atoms with Gasteiger partial charge in [-0.1, -0.05) is 30.3 Å². The molecule has 0 fully saturated rings. The lowest BCUT2D eigenvalue weighted by molar-refractivity contribution is -0.143. The van der Waals surface area contributed by atoms with Gasteiger partial charge in [0.1, 0.15) is 0 Å². The number of nitrogens with one attached hydrogen (secondary N) is 2. The third kappa shape index (κ3) is 4.94. The second-order valence-corrected chi connectivity index (χ2v) is 8.17. The number of carbonyl (C=O) groups excluding carboxylic acids is 2. The molecule has 1 aliphatic heterocycles. The van der Waals surface area contributed by atoms with Crippen molar-refractivity contribution in [2.75, 3.05) is 12.4 Å². The molecule has 2 aromatic carbocycles. The van der Waals surface area contributed by atoms with Gasteiger partial charge in [0, 0.05) is 24.0 Å². The smallest absolute Gasteiger partial charge is 0.338 e. The fraction of sp³-hybridized carbons (Fsp3) is 0.292. The zero-order valence-electron chi connectivity index (χ0n) is 18.4. The summed E-state index contributed by atoms with van der Waals surface area (Å²) in [6, 6.07) is 14.4. The highest BCUT2D eigenvalue weighted by Gasteiger charge is 2.33. The van der Waals surface area contributed by atoms with Crippen LogP contribution in [0, 0.1) is 6.92 Å². The first-order valence-electron chi connectivity index (χ1n) is 10.1. The predicted molar refractivity (Wildman–Crippen MR) is 126 cm³/mol. The lowest BCUT2D eigenvalue weighted by Crippen LogP contribution is -2.46. The summed E-state index contributed by atoms with van der Waals surface area (Å²) >= 11 is 5.43. The van der Waals surface area contributed by atoms with Gasteiger partial charge in [-0.2, -0.15) is 0 Å². The Labute approximate surface area is 188 Å². The van der Waals surface area contributed by atoms with Gasteiger partial charge in [-0.3, -0.25) is 4.79 Å². The Balaban J connectivity index is 1.86. The van der Waals surface area contributed by atoms with Crippen molar-refractivity contribution in [2.45, 2.75) is 39.8 Å². The minimum absolute atomic E-state index is 0.165. The molecule has 2 aromatic rings. The highest BCUT2D eigenvalue weighted by atomic mass is 32.1. The van der Waals surface area contributed by atoms with E-state index in [1.54, 1.807) is 11.0 Å². The number of rotatable bonds is 5. The Morgan fingerprint density at radius 3 is 2.35 bits per heavy atom.